The highest BCUT2D eigenvalue weighted by atomic mass is 15.2. The van der Waals surface area contributed by atoms with E-state index in [1.54, 1.807) is 6.33 Å². The van der Waals surface area contributed by atoms with E-state index in [4.69, 9.17) is 0 Å². The summed E-state index contributed by atoms with van der Waals surface area (Å²) in [4.78, 5) is 11.1. The lowest BCUT2D eigenvalue weighted by Gasteiger charge is -2.15. The summed E-state index contributed by atoms with van der Waals surface area (Å²) >= 11 is 0. The number of anilines is 2. The average molecular weight is 377 g/mol. The van der Waals surface area contributed by atoms with Gasteiger partial charge in [-0.3, -0.25) is 5.10 Å². The van der Waals surface area contributed by atoms with Crippen LogP contribution in [-0.2, 0) is 6.54 Å². The van der Waals surface area contributed by atoms with Gasteiger partial charge in [0.25, 0.3) is 0 Å². The molecule has 2 aromatic heterocycles. The maximum atomic E-state index is 4.40. The van der Waals surface area contributed by atoms with E-state index >= 15 is 0 Å². The Morgan fingerprint density at radius 3 is 2.79 bits per heavy atom. The molecule has 0 spiro atoms. The van der Waals surface area contributed by atoms with E-state index in [0.29, 0.717) is 0 Å². The monoisotopic (exact) mass is 377 g/mol. The second kappa shape index (κ2) is 9.83. The number of hydrogen-bond donors (Lipinski definition) is 3. The van der Waals surface area contributed by atoms with Crippen molar-refractivity contribution in [2.24, 2.45) is 0 Å². The highest BCUT2D eigenvalue weighted by molar-refractivity contribution is 5.91. The quantitative estimate of drug-likeness (QED) is 0.524. The maximum absolute atomic E-state index is 4.40. The third kappa shape index (κ3) is 5.06. The van der Waals surface area contributed by atoms with E-state index < -0.39 is 0 Å². The van der Waals surface area contributed by atoms with Crippen LogP contribution < -0.4 is 10.6 Å². The molecule has 7 heteroatoms. The first-order valence-corrected chi connectivity index (χ1v) is 9.65. The summed E-state index contributed by atoms with van der Waals surface area (Å²) < 4.78 is 0. The van der Waals surface area contributed by atoms with Gasteiger partial charge in [0.2, 0.25) is 0 Å². The summed E-state index contributed by atoms with van der Waals surface area (Å²) in [5, 5.41) is 14.5. The highest BCUT2D eigenvalue weighted by Crippen LogP contribution is 2.23. The molecule has 3 aromatic rings. The molecular formula is C21H27N7. The lowest BCUT2D eigenvalue weighted by Crippen LogP contribution is -2.23. The fraction of sp³-hybridized carbons (Fsp3) is 0.381. The number of hydrogen-bond acceptors (Lipinski definition) is 6. The van der Waals surface area contributed by atoms with E-state index in [0.717, 1.165) is 66.4 Å². The summed E-state index contributed by atoms with van der Waals surface area (Å²) in [5.74, 6) is 7.97. The molecule has 3 N–H and O–H groups in total. The summed E-state index contributed by atoms with van der Waals surface area (Å²) in [6.07, 6.45) is 2.42. The molecule has 1 aromatic carbocycles. The van der Waals surface area contributed by atoms with Crippen molar-refractivity contribution in [3.05, 3.63) is 41.9 Å². The molecule has 0 aliphatic heterocycles. The Kier molecular flexibility index (Phi) is 6.95. The molecule has 0 aliphatic carbocycles. The predicted molar refractivity (Wildman–Crippen MR) is 113 cm³/mol. The second-order valence-corrected chi connectivity index (χ2v) is 6.47. The van der Waals surface area contributed by atoms with Gasteiger partial charge in [-0.15, -0.1) is 0 Å². The molecule has 0 unspecified atom stereocenters. The normalized spacial score (nSPS) is 10.9. The molecule has 28 heavy (non-hydrogen) atoms. The van der Waals surface area contributed by atoms with Crippen molar-refractivity contribution >= 4 is 22.5 Å². The zero-order valence-corrected chi connectivity index (χ0v) is 16.7. The fourth-order valence-electron chi connectivity index (χ4n) is 2.98. The molecule has 7 nitrogen and oxygen atoms in total. The third-order valence-electron chi connectivity index (χ3n) is 4.56. The Hall–Kier alpha value is -2.95. The minimum Gasteiger partial charge on any atom is -0.323 e. The number of benzene rings is 1. The van der Waals surface area contributed by atoms with Gasteiger partial charge in [-0.2, -0.15) is 5.10 Å². The first-order valence-electron chi connectivity index (χ1n) is 9.65. The van der Waals surface area contributed by atoms with E-state index in [1.807, 2.05) is 31.3 Å². The fourth-order valence-corrected chi connectivity index (χ4v) is 2.98. The predicted octanol–water partition coefficient (Wildman–Crippen LogP) is 2.90. The SMILES string of the molecule is CCN(CC)CCC#Cc1ccc2c(Nc3cc(CNC)[nH]n3)ncnc2c1. The Morgan fingerprint density at radius 1 is 1.14 bits per heavy atom. The molecule has 0 saturated carbocycles. The lowest BCUT2D eigenvalue weighted by molar-refractivity contribution is 0.312. The minimum atomic E-state index is 0.727. The molecule has 0 aliphatic rings. The number of H-pyrrole nitrogens is 1. The van der Waals surface area contributed by atoms with Crippen LogP contribution in [0.1, 0.15) is 31.5 Å². The molecular weight excluding hydrogens is 350 g/mol. The van der Waals surface area contributed by atoms with Crippen LogP contribution in [0, 0.1) is 11.8 Å². The van der Waals surface area contributed by atoms with Gasteiger partial charge in [0.1, 0.15) is 12.1 Å². The third-order valence-corrected chi connectivity index (χ3v) is 4.56. The van der Waals surface area contributed by atoms with Crippen molar-refractivity contribution in [1.82, 2.24) is 30.4 Å². The Bertz CT molecular complexity index is 964. The highest BCUT2D eigenvalue weighted by Gasteiger charge is 2.07. The van der Waals surface area contributed by atoms with Crippen molar-refractivity contribution in [3.8, 4) is 11.8 Å². The van der Waals surface area contributed by atoms with Crippen molar-refractivity contribution < 1.29 is 0 Å². The van der Waals surface area contributed by atoms with Crippen molar-refractivity contribution in [1.29, 1.82) is 0 Å². The summed E-state index contributed by atoms with van der Waals surface area (Å²) in [7, 11) is 1.90. The summed E-state index contributed by atoms with van der Waals surface area (Å²) in [5.41, 5.74) is 2.83. The molecule has 0 fully saturated rings. The number of nitrogens with zero attached hydrogens (tertiary/aromatic N) is 4. The van der Waals surface area contributed by atoms with E-state index in [2.05, 4.69) is 61.4 Å². The van der Waals surface area contributed by atoms with Crippen molar-refractivity contribution in [3.63, 3.8) is 0 Å². The number of rotatable bonds is 8. The van der Waals surface area contributed by atoms with E-state index in [1.165, 1.54) is 0 Å². The minimum absolute atomic E-state index is 0.727. The van der Waals surface area contributed by atoms with Gasteiger partial charge >= 0.3 is 0 Å². The van der Waals surface area contributed by atoms with Crippen molar-refractivity contribution in [2.45, 2.75) is 26.8 Å². The number of nitrogens with one attached hydrogen (secondary N) is 3. The molecule has 0 bridgehead atoms. The lowest BCUT2D eigenvalue weighted by atomic mass is 10.1. The largest absolute Gasteiger partial charge is 0.323 e. The van der Waals surface area contributed by atoms with Gasteiger partial charge in [-0.25, -0.2) is 9.97 Å². The average Bonchev–Trinajstić information content (AvgIpc) is 3.15. The zero-order valence-electron chi connectivity index (χ0n) is 16.7. The Morgan fingerprint density at radius 2 is 2.00 bits per heavy atom. The van der Waals surface area contributed by atoms with Crippen LogP contribution in [0.25, 0.3) is 10.9 Å². The standard InChI is InChI=1S/C21H27N7/c1-4-28(5-2)11-7-6-8-16-9-10-18-19(12-16)23-15-24-21(18)25-20-13-17(14-22-3)26-27-20/h9-10,12-13,15,22H,4-5,7,11,14H2,1-3H3,(H2,23,24,25,26,27). The Balaban J connectivity index is 1.73. The summed E-state index contributed by atoms with van der Waals surface area (Å²) in [6.45, 7) is 8.21. The molecule has 0 radical (unpaired) electrons. The van der Waals surface area contributed by atoms with Crippen LogP contribution >= 0.6 is 0 Å². The molecule has 146 valence electrons. The van der Waals surface area contributed by atoms with Gasteiger partial charge in [-0.1, -0.05) is 25.7 Å². The van der Waals surface area contributed by atoms with Gasteiger partial charge < -0.3 is 15.5 Å². The number of aromatic nitrogens is 4. The molecule has 0 atom stereocenters. The number of aromatic amines is 1. The van der Waals surface area contributed by atoms with E-state index in [-0.39, 0.29) is 0 Å². The van der Waals surface area contributed by atoms with Crippen LogP contribution in [0.2, 0.25) is 0 Å². The van der Waals surface area contributed by atoms with Crippen LogP contribution in [0.5, 0.6) is 0 Å². The second-order valence-electron chi connectivity index (χ2n) is 6.47. The van der Waals surface area contributed by atoms with Crippen molar-refractivity contribution in [2.75, 3.05) is 32.0 Å². The first-order chi connectivity index (χ1) is 13.7. The van der Waals surface area contributed by atoms with Crippen LogP contribution in [-0.4, -0.2) is 51.7 Å². The summed E-state index contributed by atoms with van der Waals surface area (Å²) in [6, 6.07) is 7.98. The smallest absolute Gasteiger partial charge is 0.153 e. The zero-order chi connectivity index (χ0) is 19.8. The van der Waals surface area contributed by atoms with Gasteiger partial charge in [0, 0.05) is 36.5 Å². The molecule has 0 saturated heterocycles. The first kappa shape index (κ1) is 19.8. The number of fused-ring (bicyclic) bond motifs is 1. The maximum Gasteiger partial charge on any atom is 0.153 e. The van der Waals surface area contributed by atoms with Gasteiger partial charge in [0.15, 0.2) is 5.82 Å². The van der Waals surface area contributed by atoms with Gasteiger partial charge in [-0.05, 0) is 38.3 Å². The Labute approximate surface area is 166 Å². The molecule has 3 rings (SSSR count). The van der Waals surface area contributed by atoms with Crippen LogP contribution in [0.15, 0.2) is 30.6 Å². The van der Waals surface area contributed by atoms with Gasteiger partial charge in [0.05, 0.1) is 11.2 Å². The molecule has 0 amide bonds. The van der Waals surface area contributed by atoms with Crippen LogP contribution in [0.4, 0.5) is 11.6 Å². The molecule has 2 heterocycles. The van der Waals surface area contributed by atoms with E-state index in [9.17, 15) is 0 Å². The van der Waals surface area contributed by atoms with Crippen LogP contribution in [0.3, 0.4) is 0 Å². The topological polar surface area (TPSA) is 81.8 Å².